The maximum Gasteiger partial charge on any atom is 0.338 e. The van der Waals surface area contributed by atoms with Crippen LogP contribution in [0, 0.1) is 13.8 Å². The number of rotatable bonds is 4. The number of aliphatic hydroxyl groups is 2. The summed E-state index contributed by atoms with van der Waals surface area (Å²) in [5.74, 6) is -0.535. The van der Waals surface area contributed by atoms with Crippen molar-refractivity contribution in [3.63, 3.8) is 0 Å². The zero-order chi connectivity index (χ0) is 13.9. The summed E-state index contributed by atoms with van der Waals surface area (Å²) in [5.41, 5.74) is 7.10. The van der Waals surface area contributed by atoms with E-state index in [2.05, 4.69) is 9.72 Å². The number of hydrogen-bond acceptors (Lipinski definition) is 6. The molecule has 6 heteroatoms. The van der Waals surface area contributed by atoms with Crippen LogP contribution >= 0.6 is 0 Å². The van der Waals surface area contributed by atoms with Gasteiger partial charge >= 0.3 is 5.97 Å². The summed E-state index contributed by atoms with van der Waals surface area (Å²) in [6.07, 6.45) is -3.01. The van der Waals surface area contributed by atoms with Crippen molar-refractivity contribution < 1.29 is 19.7 Å². The van der Waals surface area contributed by atoms with Gasteiger partial charge in [-0.25, -0.2) is 9.78 Å². The van der Waals surface area contributed by atoms with Gasteiger partial charge in [-0.05, 0) is 32.4 Å². The van der Waals surface area contributed by atoms with E-state index in [0.717, 1.165) is 0 Å². The number of carbonyl (C=O) groups is 1. The number of anilines is 1. The van der Waals surface area contributed by atoms with Gasteiger partial charge in [-0.3, -0.25) is 0 Å². The summed E-state index contributed by atoms with van der Waals surface area (Å²) < 4.78 is 4.66. The van der Waals surface area contributed by atoms with E-state index in [0.29, 0.717) is 22.6 Å². The predicted molar refractivity (Wildman–Crippen MR) is 65.7 cm³/mol. The largest absolute Gasteiger partial charge is 0.464 e. The van der Waals surface area contributed by atoms with Gasteiger partial charge in [-0.15, -0.1) is 0 Å². The van der Waals surface area contributed by atoms with Gasteiger partial charge in [0.15, 0.2) is 6.10 Å². The van der Waals surface area contributed by atoms with E-state index in [1.807, 2.05) is 0 Å². The van der Waals surface area contributed by atoms with Crippen molar-refractivity contribution >= 4 is 11.8 Å². The Kier molecular flexibility index (Phi) is 4.63. The smallest absolute Gasteiger partial charge is 0.338 e. The van der Waals surface area contributed by atoms with Crippen LogP contribution in [0.5, 0.6) is 0 Å². The molecule has 1 heterocycles. The average Bonchev–Trinajstić information content (AvgIpc) is 2.26. The molecular formula is C12H18N2O4. The first kappa shape index (κ1) is 14.4. The number of aromatic nitrogens is 1. The first-order chi connectivity index (χ1) is 8.38. The van der Waals surface area contributed by atoms with Crippen molar-refractivity contribution in [2.75, 3.05) is 12.3 Å². The number of carbonyl (C=O) groups excluding carboxylic acids is 1. The molecule has 1 rings (SSSR count). The summed E-state index contributed by atoms with van der Waals surface area (Å²) >= 11 is 0. The second-order valence-corrected chi connectivity index (χ2v) is 4.00. The molecule has 0 saturated carbocycles. The number of nitrogens with two attached hydrogens (primary N) is 1. The van der Waals surface area contributed by atoms with Crippen LogP contribution in [0.1, 0.15) is 29.8 Å². The normalized spacial score (nSPS) is 14.1. The molecule has 1 aromatic rings. The van der Waals surface area contributed by atoms with Crippen LogP contribution in [-0.4, -0.2) is 33.9 Å². The van der Waals surface area contributed by atoms with E-state index in [1.165, 1.54) is 0 Å². The monoisotopic (exact) mass is 254 g/mol. The lowest BCUT2D eigenvalue weighted by Gasteiger charge is -2.20. The average molecular weight is 254 g/mol. The maximum absolute atomic E-state index is 11.4. The molecule has 6 nitrogen and oxygen atoms in total. The molecule has 0 bridgehead atoms. The number of ether oxygens (including phenoxy) is 1. The highest BCUT2D eigenvalue weighted by Gasteiger charge is 2.29. The molecule has 0 radical (unpaired) electrons. The lowest BCUT2D eigenvalue weighted by atomic mass is 9.98. The van der Waals surface area contributed by atoms with Crippen molar-refractivity contribution in [3.8, 4) is 0 Å². The van der Waals surface area contributed by atoms with E-state index >= 15 is 0 Å². The zero-order valence-electron chi connectivity index (χ0n) is 10.7. The van der Waals surface area contributed by atoms with E-state index in [4.69, 9.17) is 5.73 Å². The number of nitrogens with zero attached hydrogens (tertiary/aromatic N) is 1. The number of aryl methyl sites for hydroxylation is 2. The number of pyridine rings is 1. The van der Waals surface area contributed by atoms with E-state index in [1.54, 1.807) is 26.8 Å². The highest BCUT2D eigenvalue weighted by molar-refractivity contribution is 5.75. The van der Waals surface area contributed by atoms with Crippen molar-refractivity contribution in [1.82, 2.24) is 4.98 Å². The van der Waals surface area contributed by atoms with Gasteiger partial charge in [-0.1, -0.05) is 0 Å². The molecule has 0 spiro atoms. The Morgan fingerprint density at radius 2 is 2.11 bits per heavy atom. The van der Waals surface area contributed by atoms with Crippen LogP contribution < -0.4 is 5.73 Å². The van der Waals surface area contributed by atoms with Crippen LogP contribution in [0.15, 0.2) is 6.07 Å². The van der Waals surface area contributed by atoms with Gasteiger partial charge < -0.3 is 20.7 Å². The summed E-state index contributed by atoms with van der Waals surface area (Å²) in [6.45, 7) is 5.14. The van der Waals surface area contributed by atoms with E-state index in [-0.39, 0.29) is 6.61 Å². The van der Waals surface area contributed by atoms with Crippen LogP contribution in [0.2, 0.25) is 0 Å². The molecule has 2 unspecified atom stereocenters. The SMILES string of the molecule is CCOC(=O)C(O)C(O)c1c(C)cc(N)nc1C. The van der Waals surface area contributed by atoms with Gasteiger partial charge in [0.1, 0.15) is 11.9 Å². The molecule has 4 N–H and O–H groups in total. The van der Waals surface area contributed by atoms with Crippen molar-refractivity contribution in [2.24, 2.45) is 0 Å². The van der Waals surface area contributed by atoms with Gasteiger partial charge in [0, 0.05) is 11.3 Å². The molecule has 100 valence electrons. The molecular weight excluding hydrogens is 236 g/mol. The topological polar surface area (TPSA) is 106 Å². The van der Waals surface area contributed by atoms with Crippen molar-refractivity contribution in [2.45, 2.75) is 33.0 Å². The third-order valence-corrected chi connectivity index (χ3v) is 2.60. The predicted octanol–water partition coefficient (Wildman–Crippen LogP) is 0.238. The third kappa shape index (κ3) is 2.96. The summed E-state index contributed by atoms with van der Waals surface area (Å²) in [5, 5.41) is 19.7. The fourth-order valence-electron chi connectivity index (χ4n) is 1.83. The van der Waals surface area contributed by atoms with Gasteiger partial charge in [0.05, 0.1) is 6.61 Å². The van der Waals surface area contributed by atoms with Crippen molar-refractivity contribution in [1.29, 1.82) is 0 Å². The molecule has 0 aromatic carbocycles. The second kappa shape index (κ2) is 5.79. The Morgan fingerprint density at radius 3 is 2.61 bits per heavy atom. The minimum absolute atomic E-state index is 0.139. The Balaban J connectivity index is 3.03. The molecule has 1 aromatic heterocycles. The second-order valence-electron chi connectivity index (χ2n) is 4.00. The van der Waals surface area contributed by atoms with Crippen LogP contribution in [0.4, 0.5) is 5.82 Å². The zero-order valence-corrected chi connectivity index (χ0v) is 10.7. The lowest BCUT2D eigenvalue weighted by molar-refractivity contribution is -0.159. The van der Waals surface area contributed by atoms with Crippen molar-refractivity contribution in [3.05, 3.63) is 22.9 Å². The van der Waals surface area contributed by atoms with E-state index < -0.39 is 18.2 Å². The number of aliphatic hydroxyl groups excluding tert-OH is 2. The molecule has 0 aliphatic carbocycles. The molecule has 0 amide bonds. The minimum Gasteiger partial charge on any atom is -0.464 e. The lowest BCUT2D eigenvalue weighted by Crippen LogP contribution is -2.31. The molecule has 0 saturated heterocycles. The minimum atomic E-state index is -1.63. The Hall–Kier alpha value is -1.66. The van der Waals surface area contributed by atoms with Gasteiger partial charge in [-0.2, -0.15) is 0 Å². The Morgan fingerprint density at radius 1 is 1.50 bits per heavy atom. The van der Waals surface area contributed by atoms with Gasteiger partial charge in [0.2, 0.25) is 0 Å². The summed E-state index contributed by atoms with van der Waals surface area (Å²) in [4.78, 5) is 15.4. The molecule has 2 atom stereocenters. The van der Waals surface area contributed by atoms with Crippen LogP contribution in [0.3, 0.4) is 0 Å². The standard InChI is InChI=1S/C12H18N2O4/c1-4-18-12(17)11(16)10(15)9-6(2)5-8(13)14-7(9)3/h5,10-11,15-16H,4H2,1-3H3,(H2,13,14). The maximum atomic E-state index is 11.4. The highest BCUT2D eigenvalue weighted by atomic mass is 16.5. The molecule has 18 heavy (non-hydrogen) atoms. The quantitative estimate of drug-likeness (QED) is 0.664. The van der Waals surface area contributed by atoms with Crippen LogP contribution in [-0.2, 0) is 9.53 Å². The number of hydrogen-bond donors (Lipinski definition) is 3. The first-order valence-corrected chi connectivity index (χ1v) is 5.64. The third-order valence-electron chi connectivity index (χ3n) is 2.60. The Labute approximate surface area is 105 Å². The number of nitrogen functional groups attached to an aromatic ring is 1. The van der Waals surface area contributed by atoms with Gasteiger partial charge in [0.25, 0.3) is 0 Å². The Bertz CT molecular complexity index is 425. The first-order valence-electron chi connectivity index (χ1n) is 5.64. The fraction of sp³-hybridized carbons (Fsp3) is 0.500. The molecule has 0 fully saturated rings. The molecule has 0 aliphatic rings. The van der Waals surface area contributed by atoms with E-state index in [9.17, 15) is 15.0 Å². The molecule has 0 aliphatic heterocycles. The number of esters is 1. The highest BCUT2D eigenvalue weighted by Crippen LogP contribution is 2.25. The fourth-order valence-corrected chi connectivity index (χ4v) is 1.83. The van der Waals surface area contributed by atoms with Crippen LogP contribution in [0.25, 0.3) is 0 Å². The summed E-state index contributed by atoms with van der Waals surface area (Å²) in [7, 11) is 0. The summed E-state index contributed by atoms with van der Waals surface area (Å²) in [6, 6.07) is 1.57.